The zero-order valence-corrected chi connectivity index (χ0v) is 12.2. The molecule has 2 rings (SSSR count). The molecule has 112 valence electrons. The number of carboxylic acids is 1. The van der Waals surface area contributed by atoms with Gasteiger partial charge < -0.3 is 5.11 Å². The fourth-order valence-corrected chi connectivity index (χ4v) is 2.22. The number of nitrogens with zero attached hydrogens (tertiary/aromatic N) is 5. The van der Waals surface area contributed by atoms with E-state index in [9.17, 15) is 4.79 Å². The van der Waals surface area contributed by atoms with Gasteiger partial charge >= 0.3 is 5.97 Å². The van der Waals surface area contributed by atoms with Crippen LogP contribution in [0.25, 0.3) is 0 Å². The van der Waals surface area contributed by atoms with Gasteiger partial charge in [0.15, 0.2) is 5.82 Å². The van der Waals surface area contributed by atoms with Gasteiger partial charge in [-0.1, -0.05) is 13.8 Å². The van der Waals surface area contributed by atoms with Gasteiger partial charge in [0.1, 0.15) is 0 Å². The molecule has 2 aromatic heterocycles. The van der Waals surface area contributed by atoms with Gasteiger partial charge in [-0.25, -0.2) is 4.68 Å². The number of carbonyl (C=O) groups is 1. The molecule has 0 aliphatic carbocycles. The molecule has 7 nitrogen and oxygen atoms in total. The Morgan fingerprint density at radius 2 is 2.00 bits per heavy atom. The summed E-state index contributed by atoms with van der Waals surface area (Å²) in [6.45, 7) is 3.95. The van der Waals surface area contributed by atoms with Crippen molar-refractivity contribution in [1.82, 2.24) is 25.2 Å². The number of pyridine rings is 1. The molecule has 0 saturated carbocycles. The van der Waals surface area contributed by atoms with E-state index >= 15 is 0 Å². The van der Waals surface area contributed by atoms with E-state index in [1.807, 2.05) is 26.0 Å². The highest BCUT2D eigenvalue weighted by Crippen LogP contribution is 2.22. The summed E-state index contributed by atoms with van der Waals surface area (Å²) in [6, 6.07) is 3.67. The zero-order valence-electron chi connectivity index (χ0n) is 12.2. The Hall–Kier alpha value is -2.31. The summed E-state index contributed by atoms with van der Waals surface area (Å²) in [5, 5.41) is 20.8. The third-order valence-electron chi connectivity index (χ3n) is 3.42. The van der Waals surface area contributed by atoms with Gasteiger partial charge in [-0.3, -0.25) is 9.78 Å². The number of tetrazole rings is 1. The third kappa shape index (κ3) is 4.08. The minimum atomic E-state index is -0.843. The highest BCUT2D eigenvalue weighted by Gasteiger charge is 2.23. The molecule has 0 aliphatic rings. The molecular weight excluding hydrogens is 270 g/mol. The van der Waals surface area contributed by atoms with Crippen LogP contribution in [0.3, 0.4) is 0 Å². The van der Waals surface area contributed by atoms with E-state index in [4.69, 9.17) is 5.11 Å². The van der Waals surface area contributed by atoms with Crippen LogP contribution >= 0.6 is 0 Å². The van der Waals surface area contributed by atoms with Gasteiger partial charge in [0.25, 0.3) is 0 Å². The van der Waals surface area contributed by atoms with Crippen molar-refractivity contribution in [2.45, 2.75) is 39.2 Å². The fourth-order valence-electron chi connectivity index (χ4n) is 2.22. The van der Waals surface area contributed by atoms with Crippen molar-refractivity contribution < 1.29 is 9.90 Å². The van der Waals surface area contributed by atoms with E-state index in [1.54, 1.807) is 17.1 Å². The summed E-state index contributed by atoms with van der Waals surface area (Å²) < 4.78 is 1.65. The summed E-state index contributed by atoms with van der Waals surface area (Å²) in [5.74, 6) is 0.0142. The van der Waals surface area contributed by atoms with Crippen LogP contribution in [0.5, 0.6) is 0 Å². The van der Waals surface area contributed by atoms with Crippen LogP contribution in [0.15, 0.2) is 24.5 Å². The van der Waals surface area contributed by atoms with Crippen LogP contribution in [0.1, 0.15) is 37.7 Å². The van der Waals surface area contributed by atoms with Crippen molar-refractivity contribution in [2.75, 3.05) is 0 Å². The Balaban J connectivity index is 2.11. The molecule has 0 spiro atoms. The summed E-state index contributed by atoms with van der Waals surface area (Å²) in [7, 11) is 0. The highest BCUT2D eigenvalue weighted by atomic mass is 16.4. The summed E-state index contributed by atoms with van der Waals surface area (Å²) in [4.78, 5) is 15.0. The normalized spacial score (nSPS) is 12.5. The maximum atomic E-state index is 11.0. The van der Waals surface area contributed by atoms with Crippen molar-refractivity contribution in [3.05, 3.63) is 35.9 Å². The summed E-state index contributed by atoms with van der Waals surface area (Å²) >= 11 is 0. The Morgan fingerprint density at radius 1 is 1.29 bits per heavy atom. The van der Waals surface area contributed by atoms with Crippen LogP contribution in [0.2, 0.25) is 0 Å². The number of rotatable bonds is 7. The molecule has 21 heavy (non-hydrogen) atoms. The molecule has 1 unspecified atom stereocenters. The maximum absolute atomic E-state index is 11.0. The predicted molar refractivity (Wildman–Crippen MR) is 75.6 cm³/mol. The Morgan fingerprint density at radius 3 is 2.62 bits per heavy atom. The third-order valence-corrected chi connectivity index (χ3v) is 3.42. The predicted octanol–water partition coefficient (Wildman–Crippen LogP) is 1.53. The monoisotopic (exact) mass is 289 g/mol. The number of aliphatic carboxylic acids is 1. The zero-order chi connectivity index (χ0) is 15.2. The van der Waals surface area contributed by atoms with Gasteiger partial charge in [-0.15, -0.1) is 5.10 Å². The molecule has 0 radical (unpaired) electrons. The van der Waals surface area contributed by atoms with Crippen molar-refractivity contribution in [3.8, 4) is 0 Å². The average Bonchev–Trinajstić information content (AvgIpc) is 2.91. The lowest BCUT2D eigenvalue weighted by atomic mass is 10.0. The lowest BCUT2D eigenvalue weighted by Gasteiger charge is -2.20. The molecule has 0 aromatic carbocycles. The highest BCUT2D eigenvalue weighted by molar-refractivity contribution is 5.67. The van der Waals surface area contributed by atoms with Crippen molar-refractivity contribution in [1.29, 1.82) is 0 Å². The van der Waals surface area contributed by atoms with E-state index < -0.39 is 5.97 Å². The second-order valence-electron chi connectivity index (χ2n) is 5.30. The van der Waals surface area contributed by atoms with E-state index in [2.05, 4.69) is 20.5 Å². The lowest BCUT2D eigenvalue weighted by molar-refractivity contribution is -0.138. The van der Waals surface area contributed by atoms with Gasteiger partial charge in [-0.05, 0) is 40.5 Å². The maximum Gasteiger partial charge on any atom is 0.305 e. The molecule has 1 N–H and O–H groups in total. The van der Waals surface area contributed by atoms with Crippen LogP contribution in [-0.2, 0) is 17.6 Å². The first-order valence-corrected chi connectivity index (χ1v) is 6.95. The minimum Gasteiger partial charge on any atom is -0.481 e. The first kappa shape index (κ1) is 15.1. The molecule has 0 fully saturated rings. The Bertz CT molecular complexity index is 582. The van der Waals surface area contributed by atoms with Crippen molar-refractivity contribution in [2.24, 2.45) is 5.92 Å². The number of hydrogen-bond donors (Lipinski definition) is 1. The van der Waals surface area contributed by atoms with Gasteiger partial charge in [0, 0.05) is 18.8 Å². The van der Waals surface area contributed by atoms with Crippen LogP contribution in [0.4, 0.5) is 0 Å². The van der Waals surface area contributed by atoms with Crippen LogP contribution in [-0.4, -0.2) is 36.3 Å². The van der Waals surface area contributed by atoms with E-state index in [0.717, 1.165) is 12.0 Å². The first-order chi connectivity index (χ1) is 10.1. The molecule has 2 aromatic rings. The topological polar surface area (TPSA) is 93.8 Å². The van der Waals surface area contributed by atoms with E-state index in [-0.39, 0.29) is 18.4 Å². The molecule has 0 aliphatic heterocycles. The molecule has 2 heterocycles. The number of aromatic nitrogens is 5. The quantitative estimate of drug-likeness (QED) is 0.830. The minimum absolute atomic E-state index is 0.0188. The SMILES string of the molecule is CC(C)C(CC(=O)O)n1nnnc1CCc1ccncc1. The molecule has 0 saturated heterocycles. The second kappa shape index (κ2) is 6.92. The fraction of sp³-hybridized carbons (Fsp3) is 0.500. The largest absolute Gasteiger partial charge is 0.481 e. The first-order valence-electron chi connectivity index (χ1n) is 6.95. The molecular formula is C14H19N5O2. The van der Waals surface area contributed by atoms with Crippen molar-refractivity contribution in [3.63, 3.8) is 0 Å². The number of carboxylic acid groups (broad SMARTS) is 1. The second-order valence-corrected chi connectivity index (χ2v) is 5.30. The van der Waals surface area contributed by atoms with Crippen molar-refractivity contribution >= 4 is 5.97 Å². The van der Waals surface area contributed by atoms with Crippen LogP contribution < -0.4 is 0 Å². The van der Waals surface area contributed by atoms with E-state index in [1.165, 1.54) is 0 Å². The molecule has 1 atom stereocenters. The average molecular weight is 289 g/mol. The summed E-state index contributed by atoms with van der Waals surface area (Å²) in [5.41, 5.74) is 1.15. The standard InChI is InChI=1S/C14H19N5O2/c1-10(2)12(9-14(20)21)19-13(16-17-18-19)4-3-11-5-7-15-8-6-11/h5-8,10,12H,3-4,9H2,1-2H3,(H,20,21). The molecule has 0 amide bonds. The van der Waals surface area contributed by atoms with Gasteiger partial charge in [0.2, 0.25) is 0 Å². The van der Waals surface area contributed by atoms with Gasteiger partial charge in [-0.2, -0.15) is 0 Å². The number of aryl methyl sites for hydroxylation is 2. The number of hydrogen-bond acceptors (Lipinski definition) is 5. The van der Waals surface area contributed by atoms with Gasteiger partial charge in [0.05, 0.1) is 12.5 Å². The van der Waals surface area contributed by atoms with E-state index in [0.29, 0.717) is 12.2 Å². The Labute approximate surface area is 123 Å². The smallest absolute Gasteiger partial charge is 0.305 e. The molecule has 7 heteroatoms. The van der Waals surface area contributed by atoms with Crippen LogP contribution in [0, 0.1) is 5.92 Å². The molecule has 0 bridgehead atoms. The summed E-state index contributed by atoms with van der Waals surface area (Å²) in [6.07, 6.45) is 4.98. The Kier molecular flexibility index (Phi) is 4.97. The lowest BCUT2D eigenvalue weighted by Crippen LogP contribution is -2.22.